The molecule has 0 N–H and O–H groups in total. The van der Waals surface area contributed by atoms with E-state index in [-0.39, 0.29) is 6.61 Å². The van der Waals surface area contributed by atoms with Gasteiger partial charge in [-0.2, -0.15) is 5.10 Å². The van der Waals surface area contributed by atoms with E-state index in [4.69, 9.17) is 9.15 Å². The van der Waals surface area contributed by atoms with Crippen LogP contribution in [-0.2, 0) is 17.9 Å². The second-order valence-corrected chi connectivity index (χ2v) is 8.02. The molecular formula is C27H22N2O4. The van der Waals surface area contributed by atoms with Gasteiger partial charge in [-0.05, 0) is 36.2 Å². The van der Waals surface area contributed by atoms with Crippen molar-refractivity contribution in [3.63, 3.8) is 0 Å². The fourth-order valence-electron chi connectivity index (χ4n) is 4.25. The summed E-state index contributed by atoms with van der Waals surface area (Å²) in [6, 6.07) is 22.8. The summed E-state index contributed by atoms with van der Waals surface area (Å²) in [5, 5.41) is 7.26. The average molecular weight is 438 g/mol. The van der Waals surface area contributed by atoms with Crippen LogP contribution in [0.15, 0.2) is 82.0 Å². The molecule has 0 aliphatic carbocycles. The predicted octanol–water partition coefficient (Wildman–Crippen LogP) is 5.16. The van der Waals surface area contributed by atoms with Gasteiger partial charge in [-0.15, -0.1) is 0 Å². The molecule has 0 saturated carbocycles. The molecule has 33 heavy (non-hydrogen) atoms. The summed E-state index contributed by atoms with van der Waals surface area (Å²) in [6.45, 7) is 4.18. The lowest BCUT2D eigenvalue weighted by Crippen LogP contribution is -2.10. The summed E-state index contributed by atoms with van der Waals surface area (Å²) in [7, 11) is 0. The highest BCUT2D eigenvalue weighted by Gasteiger charge is 2.21. The minimum Gasteiger partial charge on any atom is -0.457 e. The van der Waals surface area contributed by atoms with Gasteiger partial charge in [0, 0.05) is 17.0 Å². The van der Waals surface area contributed by atoms with Gasteiger partial charge in [0.15, 0.2) is 0 Å². The lowest BCUT2D eigenvalue weighted by molar-refractivity contribution is 0.0472. The quantitative estimate of drug-likeness (QED) is 0.215. The van der Waals surface area contributed by atoms with Crippen molar-refractivity contribution in [1.82, 2.24) is 9.78 Å². The number of ether oxygens (including phenoxy) is 1. The van der Waals surface area contributed by atoms with E-state index in [1.165, 1.54) is 6.07 Å². The molecule has 6 nitrogen and oxygen atoms in total. The van der Waals surface area contributed by atoms with E-state index in [9.17, 15) is 9.59 Å². The Balaban J connectivity index is 1.45. The lowest BCUT2D eigenvalue weighted by atomic mass is 10.0. The van der Waals surface area contributed by atoms with Crippen molar-refractivity contribution in [3.05, 3.63) is 111 Å². The molecule has 3 aromatic carbocycles. The summed E-state index contributed by atoms with van der Waals surface area (Å²) in [5.74, 6) is -0.467. The zero-order valence-corrected chi connectivity index (χ0v) is 18.4. The smallest absolute Gasteiger partial charge is 0.342 e. The number of benzene rings is 3. The van der Waals surface area contributed by atoms with Gasteiger partial charge in [0.1, 0.15) is 17.8 Å². The number of carbonyl (C=O) groups is 1. The Morgan fingerprint density at radius 1 is 1.00 bits per heavy atom. The first-order valence-electron chi connectivity index (χ1n) is 10.7. The molecule has 0 radical (unpaired) electrons. The molecule has 0 fully saturated rings. The van der Waals surface area contributed by atoms with Crippen LogP contribution in [0.5, 0.6) is 0 Å². The summed E-state index contributed by atoms with van der Waals surface area (Å²) in [5.41, 5.74) is 3.49. The monoisotopic (exact) mass is 438 g/mol. The predicted molar refractivity (Wildman–Crippen MR) is 126 cm³/mol. The Bertz CT molecular complexity index is 1550. The van der Waals surface area contributed by atoms with Crippen LogP contribution < -0.4 is 5.63 Å². The van der Waals surface area contributed by atoms with Crippen LogP contribution in [0.3, 0.4) is 0 Å². The van der Waals surface area contributed by atoms with Crippen LogP contribution in [0.1, 0.15) is 32.9 Å². The molecule has 164 valence electrons. The van der Waals surface area contributed by atoms with Gasteiger partial charge >= 0.3 is 11.6 Å². The van der Waals surface area contributed by atoms with Gasteiger partial charge in [-0.25, -0.2) is 9.59 Å². The number of aromatic nitrogens is 2. The van der Waals surface area contributed by atoms with Gasteiger partial charge < -0.3 is 9.15 Å². The standard InChI is InChI=1S/C27H22N2O4/c1-17-25(18(2)29(28-17)15-19-8-4-3-5-9-19)27(31)32-16-21-14-24(30)33-23-13-12-20-10-6-7-11-22(20)26(21)23/h3-14H,15-16H2,1-2H3. The highest BCUT2D eigenvalue weighted by molar-refractivity contribution is 6.07. The van der Waals surface area contributed by atoms with Gasteiger partial charge in [0.2, 0.25) is 0 Å². The van der Waals surface area contributed by atoms with Crippen LogP contribution in [0, 0.1) is 13.8 Å². The number of hydrogen-bond donors (Lipinski definition) is 0. The van der Waals surface area contributed by atoms with Crippen molar-refractivity contribution in [3.8, 4) is 0 Å². The summed E-state index contributed by atoms with van der Waals surface area (Å²) in [6.07, 6.45) is 0. The minimum atomic E-state index is -0.480. The summed E-state index contributed by atoms with van der Waals surface area (Å²) >= 11 is 0. The number of fused-ring (bicyclic) bond motifs is 3. The molecule has 5 rings (SSSR count). The number of carbonyl (C=O) groups excluding carboxylic acids is 1. The summed E-state index contributed by atoms with van der Waals surface area (Å²) in [4.78, 5) is 25.2. The third-order valence-corrected chi connectivity index (χ3v) is 5.83. The number of nitrogens with zero attached hydrogens (tertiary/aromatic N) is 2. The molecule has 0 amide bonds. The van der Waals surface area contributed by atoms with Crippen LogP contribution >= 0.6 is 0 Å². The van der Waals surface area contributed by atoms with Crippen LogP contribution in [-0.4, -0.2) is 15.7 Å². The van der Waals surface area contributed by atoms with E-state index in [1.807, 2.05) is 67.6 Å². The number of hydrogen-bond acceptors (Lipinski definition) is 5. The second-order valence-electron chi connectivity index (χ2n) is 8.02. The van der Waals surface area contributed by atoms with Gasteiger partial charge in [-0.3, -0.25) is 4.68 Å². The van der Waals surface area contributed by atoms with Gasteiger partial charge in [-0.1, -0.05) is 60.7 Å². The zero-order valence-electron chi connectivity index (χ0n) is 18.4. The zero-order chi connectivity index (χ0) is 22.9. The molecule has 0 aliphatic heterocycles. The van der Waals surface area contributed by atoms with Crippen molar-refractivity contribution in [2.45, 2.75) is 27.0 Å². The van der Waals surface area contributed by atoms with Crippen molar-refractivity contribution >= 4 is 27.7 Å². The van der Waals surface area contributed by atoms with E-state index >= 15 is 0 Å². The third kappa shape index (κ3) is 3.91. The lowest BCUT2D eigenvalue weighted by Gasteiger charge is -2.10. The number of aryl methyl sites for hydroxylation is 1. The highest BCUT2D eigenvalue weighted by atomic mass is 16.5. The van der Waals surface area contributed by atoms with Crippen molar-refractivity contribution in [2.24, 2.45) is 0 Å². The Hall–Kier alpha value is -4.19. The molecule has 6 heteroatoms. The van der Waals surface area contributed by atoms with E-state index in [0.717, 1.165) is 27.4 Å². The van der Waals surface area contributed by atoms with Crippen molar-refractivity contribution < 1.29 is 13.9 Å². The first-order chi connectivity index (χ1) is 16.0. The first-order valence-corrected chi connectivity index (χ1v) is 10.7. The molecule has 0 spiro atoms. The Morgan fingerprint density at radius 3 is 2.58 bits per heavy atom. The number of esters is 1. The largest absolute Gasteiger partial charge is 0.457 e. The molecule has 0 aliphatic rings. The Morgan fingerprint density at radius 2 is 1.76 bits per heavy atom. The van der Waals surface area contributed by atoms with E-state index in [2.05, 4.69) is 5.10 Å². The molecule has 0 bridgehead atoms. The maximum Gasteiger partial charge on any atom is 0.342 e. The normalized spacial score (nSPS) is 11.2. The minimum absolute atomic E-state index is 0.0440. The maximum absolute atomic E-state index is 13.0. The van der Waals surface area contributed by atoms with Gasteiger partial charge in [0.05, 0.1) is 17.9 Å². The Labute approximate surface area is 190 Å². The van der Waals surface area contributed by atoms with Crippen LogP contribution in [0.25, 0.3) is 21.7 Å². The molecule has 0 saturated heterocycles. The van der Waals surface area contributed by atoms with Gasteiger partial charge in [0.25, 0.3) is 0 Å². The fourth-order valence-corrected chi connectivity index (χ4v) is 4.25. The van der Waals surface area contributed by atoms with Crippen LogP contribution in [0.2, 0.25) is 0 Å². The van der Waals surface area contributed by atoms with Crippen LogP contribution in [0.4, 0.5) is 0 Å². The molecule has 0 unspecified atom stereocenters. The number of rotatable bonds is 5. The Kier molecular flexibility index (Phi) is 5.26. The molecule has 2 aromatic heterocycles. The maximum atomic E-state index is 13.0. The van der Waals surface area contributed by atoms with E-state index in [0.29, 0.717) is 28.9 Å². The summed E-state index contributed by atoms with van der Waals surface area (Å²) < 4.78 is 12.9. The average Bonchev–Trinajstić information content (AvgIpc) is 3.10. The van der Waals surface area contributed by atoms with E-state index < -0.39 is 11.6 Å². The SMILES string of the molecule is Cc1nn(Cc2ccccc2)c(C)c1C(=O)OCc1cc(=O)oc2ccc3ccccc3c12. The topological polar surface area (TPSA) is 74.3 Å². The third-order valence-electron chi connectivity index (χ3n) is 5.83. The molecule has 2 heterocycles. The fraction of sp³-hybridized carbons (Fsp3) is 0.148. The molecular weight excluding hydrogens is 416 g/mol. The second kappa shape index (κ2) is 8.39. The van der Waals surface area contributed by atoms with Crippen molar-refractivity contribution in [1.29, 1.82) is 0 Å². The molecule has 5 aromatic rings. The highest BCUT2D eigenvalue weighted by Crippen LogP contribution is 2.28. The van der Waals surface area contributed by atoms with E-state index in [1.54, 1.807) is 17.7 Å². The van der Waals surface area contributed by atoms with Crippen molar-refractivity contribution in [2.75, 3.05) is 0 Å². The first kappa shape index (κ1) is 20.7. The molecule has 0 atom stereocenters.